The number of benzene rings is 3. The molecule has 0 N–H and O–H groups in total. The fraction of sp³-hybridized carbons (Fsp3) is 0.143. The van der Waals surface area contributed by atoms with Crippen LogP contribution < -0.4 is 0 Å². The summed E-state index contributed by atoms with van der Waals surface area (Å²) in [7, 11) is 0. The lowest BCUT2D eigenvalue weighted by atomic mass is 9.81. The second kappa shape index (κ2) is 4.82. The van der Waals surface area contributed by atoms with Gasteiger partial charge in [0.2, 0.25) is 0 Å². The van der Waals surface area contributed by atoms with Crippen molar-refractivity contribution in [2.24, 2.45) is 0 Å². The van der Waals surface area contributed by atoms with Gasteiger partial charge in [0.25, 0.3) is 0 Å². The van der Waals surface area contributed by atoms with E-state index >= 15 is 0 Å². The minimum absolute atomic E-state index is 0.0668. The van der Waals surface area contributed by atoms with Gasteiger partial charge in [-0.2, -0.15) is 0 Å². The van der Waals surface area contributed by atoms with E-state index in [0.717, 1.165) is 4.47 Å². The lowest BCUT2D eigenvalue weighted by molar-refractivity contribution is 0.660. The molecule has 0 unspecified atom stereocenters. The first kappa shape index (κ1) is 13.8. The van der Waals surface area contributed by atoms with Crippen molar-refractivity contribution in [2.45, 2.75) is 19.3 Å². The summed E-state index contributed by atoms with van der Waals surface area (Å²) >= 11 is 3.51. The Morgan fingerprint density at radius 1 is 0.682 bits per heavy atom. The fourth-order valence-electron chi connectivity index (χ4n) is 3.53. The van der Waals surface area contributed by atoms with Crippen molar-refractivity contribution in [1.29, 1.82) is 0 Å². The van der Waals surface area contributed by atoms with Crippen LogP contribution in [0.25, 0.3) is 22.3 Å². The fourth-order valence-corrected chi connectivity index (χ4v) is 3.79. The van der Waals surface area contributed by atoms with E-state index < -0.39 is 0 Å². The van der Waals surface area contributed by atoms with Crippen LogP contribution in [0.3, 0.4) is 0 Å². The summed E-state index contributed by atoms with van der Waals surface area (Å²) in [6.45, 7) is 4.64. The van der Waals surface area contributed by atoms with Gasteiger partial charge >= 0.3 is 0 Å². The predicted octanol–water partition coefficient (Wildman–Crippen LogP) is 6.42. The van der Waals surface area contributed by atoms with Gasteiger partial charge in [-0.25, -0.2) is 0 Å². The molecule has 0 aromatic heterocycles. The van der Waals surface area contributed by atoms with Crippen molar-refractivity contribution in [3.8, 4) is 22.3 Å². The molecular weight excluding hydrogens is 332 g/mol. The average molecular weight is 349 g/mol. The van der Waals surface area contributed by atoms with E-state index in [1.807, 2.05) is 0 Å². The highest BCUT2D eigenvalue weighted by Crippen LogP contribution is 2.49. The van der Waals surface area contributed by atoms with E-state index in [2.05, 4.69) is 96.5 Å². The third kappa shape index (κ3) is 1.96. The maximum absolute atomic E-state index is 3.51. The molecule has 0 fully saturated rings. The van der Waals surface area contributed by atoms with Crippen LogP contribution in [-0.4, -0.2) is 0 Å². The predicted molar refractivity (Wildman–Crippen MR) is 97.1 cm³/mol. The van der Waals surface area contributed by atoms with Gasteiger partial charge in [0.05, 0.1) is 0 Å². The first-order valence-electron chi connectivity index (χ1n) is 7.58. The Bertz CT molecular complexity index is 857. The van der Waals surface area contributed by atoms with Crippen LogP contribution in [0.15, 0.2) is 71.2 Å². The molecule has 22 heavy (non-hydrogen) atoms. The molecule has 0 spiro atoms. The first-order chi connectivity index (χ1) is 10.6. The van der Waals surface area contributed by atoms with Gasteiger partial charge in [-0.05, 0) is 51.6 Å². The molecule has 0 aliphatic heterocycles. The summed E-state index contributed by atoms with van der Waals surface area (Å²) in [5.41, 5.74) is 8.22. The summed E-state index contributed by atoms with van der Waals surface area (Å²) < 4.78 is 1.12. The van der Waals surface area contributed by atoms with Crippen LogP contribution in [0.5, 0.6) is 0 Å². The summed E-state index contributed by atoms with van der Waals surface area (Å²) in [5.74, 6) is 0. The van der Waals surface area contributed by atoms with Crippen LogP contribution in [-0.2, 0) is 5.41 Å². The zero-order valence-corrected chi connectivity index (χ0v) is 14.3. The highest BCUT2D eigenvalue weighted by Gasteiger charge is 2.35. The van der Waals surface area contributed by atoms with Crippen LogP contribution >= 0.6 is 15.9 Å². The molecule has 0 saturated heterocycles. The Balaban J connectivity index is 1.90. The SMILES string of the molecule is CC1(C)c2ccccc2-c2ccc(-c3ccc(Br)cc3)cc21. The molecule has 3 aromatic carbocycles. The third-order valence-corrected chi connectivity index (χ3v) is 5.29. The van der Waals surface area contributed by atoms with Gasteiger partial charge in [-0.1, -0.05) is 78.3 Å². The van der Waals surface area contributed by atoms with Crippen LogP contribution in [0.4, 0.5) is 0 Å². The molecule has 4 rings (SSSR count). The molecule has 0 amide bonds. The zero-order valence-electron chi connectivity index (χ0n) is 12.7. The molecular formula is C21H17Br. The quantitative estimate of drug-likeness (QED) is 0.475. The lowest BCUT2D eigenvalue weighted by Gasteiger charge is -2.22. The average Bonchev–Trinajstić information content (AvgIpc) is 2.77. The maximum atomic E-state index is 3.51. The first-order valence-corrected chi connectivity index (χ1v) is 8.37. The van der Waals surface area contributed by atoms with Crippen molar-refractivity contribution in [2.75, 3.05) is 0 Å². The van der Waals surface area contributed by atoms with E-state index in [4.69, 9.17) is 0 Å². The van der Waals surface area contributed by atoms with Crippen molar-refractivity contribution >= 4 is 15.9 Å². The van der Waals surface area contributed by atoms with Crippen molar-refractivity contribution < 1.29 is 0 Å². The van der Waals surface area contributed by atoms with Gasteiger partial charge in [0, 0.05) is 9.89 Å². The third-order valence-electron chi connectivity index (χ3n) is 4.76. The molecule has 0 saturated carbocycles. The minimum Gasteiger partial charge on any atom is -0.0619 e. The highest BCUT2D eigenvalue weighted by molar-refractivity contribution is 9.10. The molecule has 1 heteroatoms. The van der Waals surface area contributed by atoms with Crippen LogP contribution in [0.1, 0.15) is 25.0 Å². The Kier molecular flexibility index (Phi) is 3.02. The van der Waals surface area contributed by atoms with E-state index in [1.165, 1.54) is 33.4 Å². The Hall–Kier alpha value is -1.86. The zero-order chi connectivity index (χ0) is 15.3. The van der Waals surface area contributed by atoms with E-state index in [1.54, 1.807) is 0 Å². The second-order valence-corrected chi connectivity index (χ2v) is 7.35. The lowest BCUT2D eigenvalue weighted by Crippen LogP contribution is -2.14. The van der Waals surface area contributed by atoms with E-state index in [-0.39, 0.29) is 5.41 Å². The smallest absolute Gasteiger partial charge is 0.0175 e. The number of rotatable bonds is 1. The van der Waals surface area contributed by atoms with Crippen molar-refractivity contribution in [1.82, 2.24) is 0 Å². The highest BCUT2D eigenvalue weighted by atomic mass is 79.9. The molecule has 108 valence electrons. The van der Waals surface area contributed by atoms with E-state index in [0.29, 0.717) is 0 Å². The van der Waals surface area contributed by atoms with E-state index in [9.17, 15) is 0 Å². The Morgan fingerprint density at radius 2 is 1.32 bits per heavy atom. The molecule has 0 radical (unpaired) electrons. The summed E-state index contributed by atoms with van der Waals surface area (Å²) in [5, 5.41) is 0. The monoisotopic (exact) mass is 348 g/mol. The largest absolute Gasteiger partial charge is 0.0619 e. The topological polar surface area (TPSA) is 0 Å². The molecule has 3 aromatic rings. The number of fused-ring (bicyclic) bond motifs is 3. The Labute approximate surface area is 140 Å². The number of halogens is 1. The van der Waals surface area contributed by atoms with Gasteiger partial charge in [-0.3, -0.25) is 0 Å². The minimum atomic E-state index is 0.0668. The molecule has 0 bridgehead atoms. The summed E-state index contributed by atoms with van der Waals surface area (Å²) in [6.07, 6.45) is 0. The molecule has 0 atom stereocenters. The normalized spacial score (nSPS) is 14.5. The molecule has 1 aliphatic carbocycles. The maximum Gasteiger partial charge on any atom is 0.0175 e. The summed E-state index contributed by atoms with van der Waals surface area (Å²) in [4.78, 5) is 0. The van der Waals surface area contributed by atoms with Gasteiger partial charge in [0.1, 0.15) is 0 Å². The van der Waals surface area contributed by atoms with Crippen molar-refractivity contribution in [3.63, 3.8) is 0 Å². The van der Waals surface area contributed by atoms with Gasteiger partial charge in [0.15, 0.2) is 0 Å². The number of hydrogen-bond acceptors (Lipinski definition) is 0. The molecule has 0 nitrogen and oxygen atoms in total. The van der Waals surface area contributed by atoms with Crippen molar-refractivity contribution in [3.05, 3.63) is 82.3 Å². The van der Waals surface area contributed by atoms with Gasteiger partial charge in [-0.15, -0.1) is 0 Å². The number of hydrogen-bond donors (Lipinski definition) is 0. The summed E-state index contributed by atoms with van der Waals surface area (Å²) in [6, 6.07) is 24.2. The Morgan fingerprint density at radius 3 is 2.09 bits per heavy atom. The standard InChI is InChI=1S/C21H17Br/c1-21(2)19-6-4-3-5-17(19)18-12-9-15(13-20(18)21)14-7-10-16(22)11-8-14/h3-13H,1-2H3. The second-order valence-electron chi connectivity index (χ2n) is 6.44. The molecule has 1 aliphatic rings. The molecule has 0 heterocycles. The van der Waals surface area contributed by atoms with Crippen LogP contribution in [0.2, 0.25) is 0 Å². The van der Waals surface area contributed by atoms with Crippen LogP contribution in [0, 0.1) is 0 Å². The van der Waals surface area contributed by atoms with Gasteiger partial charge < -0.3 is 0 Å².